The molecule has 0 bridgehead atoms. The summed E-state index contributed by atoms with van der Waals surface area (Å²) in [6.45, 7) is 5.23. The Morgan fingerprint density at radius 3 is 2.45 bits per heavy atom. The van der Waals surface area contributed by atoms with Crippen molar-refractivity contribution >= 4 is 17.8 Å². The molecule has 1 atom stereocenters. The van der Waals surface area contributed by atoms with Gasteiger partial charge in [-0.15, -0.1) is 0 Å². The molecule has 1 amide bonds. The third-order valence-electron chi connectivity index (χ3n) is 5.95. The Hall–Kier alpha value is -3.50. The first-order valence-corrected chi connectivity index (χ1v) is 11.2. The molecule has 2 aromatic carbocycles. The van der Waals surface area contributed by atoms with Crippen molar-refractivity contribution in [2.75, 3.05) is 47.4 Å². The number of carbonyl (C=O) groups excluding carboxylic acids is 1. The number of ether oxygens (including phenoxy) is 1. The normalized spacial score (nSPS) is 16.0. The maximum Gasteiger partial charge on any atom is 0.257 e. The van der Waals surface area contributed by atoms with Crippen LogP contribution in [0.5, 0.6) is 5.75 Å². The number of amides is 1. The fourth-order valence-electron chi connectivity index (χ4n) is 3.84. The van der Waals surface area contributed by atoms with Crippen LogP contribution in [0.4, 0.5) is 0 Å². The van der Waals surface area contributed by atoms with Gasteiger partial charge in [0, 0.05) is 45.0 Å². The summed E-state index contributed by atoms with van der Waals surface area (Å²) < 4.78 is 5.57. The van der Waals surface area contributed by atoms with Crippen molar-refractivity contribution in [3.63, 3.8) is 0 Å². The van der Waals surface area contributed by atoms with E-state index in [-0.39, 0.29) is 11.9 Å². The maximum absolute atomic E-state index is 13.0. The minimum absolute atomic E-state index is 0.0120. The second kappa shape index (κ2) is 11.4. The van der Waals surface area contributed by atoms with Crippen LogP contribution in [0.25, 0.3) is 0 Å². The van der Waals surface area contributed by atoms with Crippen molar-refractivity contribution in [2.45, 2.75) is 19.4 Å². The number of nitriles is 1. The minimum Gasteiger partial charge on any atom is -0.496 e. The molecule has 0 saturated carbocycles. The highest BCUT2D eigenvalue weighted by molar-refractivity contribution is 6.38. The Morgan fingerprint density at radius 2 is 1.88 bits per heavy atom. The zero-order valence-corrected chi connectivity index (χ0v) is 19.8. The monoisotopic (exact) mass is 445 g/mol. The molecule has 1 fully saturated rings. The lowest BCUT2D eigenvalue weighted by molar-refractivity contribution is 0.0661. The van der Waals surface area contributed by atoms with E-state index in [4.69, 9.17) is 15.0 Å². The number of benzene rings is 2. The van der Waals surface area contributed by atoms with Crippen LogP contribution >= 0.6 is 0 Å². The highest BCUT2D eigenvalue weighted by atomic mass is 16.5. The first-order valence-electron chi connectivity index (χ1n) is 11.2. The van der Waals surface area contributed by atoms with Crippen LogP contribution in [0.1, 0.15) is 46.4 Å². The van der Waals surface area contributed by atoms with E-state index in [1.807, 2.05) is 47.4 Å². The van der Waals surface area contributed by atoms with Crippen molar-refractivity contribution in [2.24, 2.45) is 9.98 Å². The molecule has 0 aromatic heterocycles. The summed E-state index contributed by atoms with van der Waals surface area (Å²) in [5.41, 5.74) is 3.78. The van der Waals surface area contributed by atoms with Crippen molar-refractivity contribution in [3.05, 3.63) is 64.7 Å². The van der Waals surface area contributed by atoms with Crippen molar-refractivity contribution < 1.29 is 9.53 Å². The third-order valence-corrected chi connectivity index (χ3v) is 5.95. The van der Waals surface area contributed by atoms with Crippen molar-refractivity contribution in [1.82, 2.24) is 9.80 Å². The molecule has 0 spiro atoms. The third kappa shape index (κ3) is 5.85. The fourth-order valence-corrected chi connectivity index (χ4v) is 3.84. The van der Waals surface area contributed by atoms with Gasteiger partial charge in [-0.05, 0) is 43.3 Å². The number of hydrogen-bond donors (Lipinski definition) is 0. The number of nitrogens with zero attached hydrogens (tertiary/aromatic N) is 5. The Morgan fingerprint density at radius 1 is 1.18 bits per heavy atom. The van der Waals surface area contributed by atoms with E-state index in [2.05, 4.69) is 29.9 Å². The van der Waals surface area contributed by atoms with Crippen LogP contribution in [-0.4, -0.2) is 75.0 Å². The predicted molar refractivity (Wildman–Crippen MR) is 132 cm³/mol. The molecule has 1 heterocycles. The summed E-state index contributed by atoms with van der Waals surface area (Å²) in [6, 6.07) is 15.2. The largest absolute Gasteiger partial charge is 0.496 e. The van der Waals surface area contributed by atoms with Crippen LogP contribution in [0.15, 0.2) is 52.4 Å². The van der Waals surface area contributed by atoms with Gasteiger partial charge >= 0.3 is 0 Å². The van der Waals surface area contributed by atoms with E-state index in [0.29, 0.717) is 35.7 Å². The number of hydrogen-bond acceptors (Lipinski definition) is 6. The van der Waals surface area contributed by atoms with Crippen LogP contribution in [0.3, 0.4) is 0 Å². The Balaban J connectivity index is 1.80. The summed E-state index contributed by atoms with van der Waals surface area (Å²) in [6.07, 6.45) is 2.59. The van der Waals surface area contributed by atoms with E-state index < -0.39 is 0 Å². The molecule has 7 nitrogen and oxygen atoms in total. The van der Waals surface area contributed by atoms with Gasteiger partial charge in [0.15, 0.2) is 0 Å². The van der Waals surface area contributed by atoms with Gasteiger partial charge in [-0.3, -0.25) is 14.8 Å². The molecule has 1 aliphatic rings. The number of aliphatic imine (C=N–C) groups is 2. The first-order chi connectivity index (χ1) is 16.0. The Labute approximate surface area is 196 Å². The van der Waals surface area contributed by atoms with Crippen LogP contribution < -0.4 is 4.74 Å². The van der Waals surface area contributed by atoms with E-state index in [1.54, 1.807) is 20.4 Å². The fraction of sp³-hybridized carbons (Fsp3) is 0.385. The summed E-state index contributed by atoms with van der Waals surface area (Å²) in [7, 11) is 5.36. The predicted octanol–water partition coefficient (Wildman–Crippen LogP) is 3.60. The zero-order valence-electron chi connectivity index (χ0n) is 19.8. The Bertz CT molecular complexity index is 1060. The molecule has 1 aliphatic heterocycles. The molecular weight excluding hydrogens is 414 g/mol. The highest BCUT2D eigenvalue weighted by Gasteiger charge is 2.23. The molecule has 1 saturated heterocycles. The van der Waals surface area contributed by atoms with Crippen LogP contribution in [0, 0.1) is 11.3 Å². The van der Waals surface area contributed by atoms with E-state index >= 15 is 0 Å². The van der Waals surface area contributed by atoms with Gasteiger partial charge in [-0.25, -0.2) is 0 Å². The quantitative estimate of drug-likeness (QED) is 0.610. The lowest BCUT2D eigenvalue weighted by Gasteiger charge is -2.32. The molecule has 2 aromatic rings. The first kappa shape index (κ1) is 24.1. The molecule has 0 radical (unpaired) electrons. The summed E-state index contributed by atoms with van der Waals surface area (Å²) in [5.74, 6) is 0.520. The number of carbonyl (C=O) groups is 1. The molecule has 7 heteroatoms. The second-order valence-corrected chi connectivity index (χ2v) is 8.06. The van der Waals surface area contributed by atoms with Crippen LogP contribution in [-0.2, 0) is 0 Å². The molecule has 172 valence electrons. The van der Waals surface area contributed by atoms with Gasteiger partial charge in [-0.2, -0.15) is 5.26 Å². The Kier molecular flexibility index (Phi) is 8.34. The number of methoxy groups -OCH3 is 1. The van der Waals surface area contributed by atoms with Gasteiger partial charge in [0.1, 0.15) is 5.75 Å². The van der Waals surface area contributed by atoms with E-state index in [0.717, 1.165) is 30.6 Å². The second-order valence-electron chi connectivity index (χ2n) is 8.06. The van der Waals surface area contributed by atoms with E-state index in [9.17, 15) is 4.79 Å². The minimum atomic E-state index is -0.0329. The lowest BCUT2D eigenvalue weighted by atomic mass is 10.0. The average molecular weight is 446 g/mol. The van der Waals surface area contributed by atoms with Gasteiger partial charge in [-0.1, -0.05) is 25.1 Å². The summed E-state index contributed by atoms with van der Waals surface area (Å²) in [4.78, 5) is 26.3. The molecule has 33 heavy (non-hydrogen) atoms. The lowest BCUT2D eigenvalue weighted by Crippen LogP contribution is -2.47. The molecule has 0 N–H and O–H groups in total. The van der Waals surface area contributed by atoms with Gasteiger partial charge in [0.2, 0.25) is 0 Å². The molecule has 0 aliphatic carbocycles. The summed E-state index contributed by atoms with van der Waals surface area (Å²) in [5, 5.41) is 9.01. The van der Waals surface area contributed by atoms with Gasteiger partial charge < -0.3 is 14.5 Å². The molecule has 3 rings (SSSR count). The van der Waals surface area contributed by atoms with E-state index in [1.165, 1.54) is 0 Å². The van der Waals surface area contributed by atoms with Crippen molar-refractivity contribution in [3.8, 4) is 11.8 Å². The SMILES string of the molecule is CCC(N=CC(=NC)c1ccc(C(=O)N2CCN(C)CC2)c(OC)c1)c1ccc(C#N)cc1. The number of rotatable bonds is 7. The van der Waals surface area contributed by atoms with Crippen molar-refractivity contribution in [1.29, 1.82) is 5.26 Å². The highest BCUT2D eigenvalue weighted by Crippen LogP contribution is 2.24. The van der Waals surface area contributed by atoms with Gasteiger partial charge in [0.05, 0.1) is 36.1 Å². The maximum atomic E-state index is 13.0. The number of piperazine rings is 1. The van der Waals surface area contributed by atoms with Gasteiger partial charge in [0.25, 0.3) is 5.91 Å². The molecular formula is C26H31N5O2. The average Bonchev–Trinajstić information content (AvgIpc) is 2.86. The van der Waals surface area contributed by atoms with Crippen LogP contribution in [0.2, 0.25) is 0 Å². The smallest absolute Gasteiger partial charge is 0.257 e. The topological polar surface area (TPSA) is 81.3 Å². The summed E-state index contributed by atoms with van der Waals surface area (Å²) >= 11 is 0. The zero-order chi connectivity index (χ0) is 23.8. The molecule has 1 unspecified atom stereocenters. The number of likely N-dealkylation sites (N-methyl/N-ethyl adjacent to an activating group) is 1. The standard InChI is InChI=1S/C26H31N5O2/c1-5-23(20-8-6-19(17-27)7-9-20)29-18-24(28-2)21-10-11-22(25(16-21)33-4)26(32)31-14-12-30(3)13-15-31/h6-11,16,18,23H,5,12-15H2,1-4H3.